The van der Waals surface area contributed by atoms with Gasteiger partial charge in [0, 0.05) is 28.0 Å². The average molecular weight is 288 g/mol. The number of hydrogen-bond donors (Lipinski definition) is 2. The van der Waals surface area contributed by atoms with E-state index in [0.717, 1.165) is 16.6 Å². The zero-order valence-electron chi connectivity index (χ0n) is 10.4. The summed E-state index contributed by atoms with van der Waals surface area (Å²) >= 11 is 5.89. The van der Waals surface area contributed by atoms with Gasteiger partial charge in [-0.25, -0.2) is 4.39 Å². The van der Waals surface area contributed by atoms with E-state index < -0.39 is 0 Å². The quantitative estimate of drug-likeness (QED) is 0.689. The highest BCUT2D eigenvalue weighted by Gasteiger charge is 2.07. The van der Waals surface area contributed by atoms with E-state index in [4.69, 9.17) is 17.3 Å². The zero-order valence-corrected chi connectivity index (χ0v) is 11.2. The molecule has 3 nitrogen and oxygen atoms in total. The van der Waals surface area contributed by atoms with Gasteiger partial charge in [0.1, 0.15) is 5.82 Å². The van der Waals surface area contributed by atoms with Crippen molar-refractivity contribution >= 4 is 39.6 Å². The fourth-order valence-corrected chi connectivity index (χ4v) is 2.18. The van der Waals surface area contributed by atoms with Crippen LogP contribution in [-0.2, 0) is 0 Å². The monoisotopic (exact) mass is 287 g/mol. The lowest BCUT2D eigenvalue weighted by Gasteiger charge is -2.11. The minimum Gasteiger partial charge on any atom is -0.399 e. The topological polar surface area (TPSA) is 50.9 Å². The number of anilines is 3. The lowest BCUT2D eigenvalue weighted by atomic mass is 10.1. The standard InChI is InChI=1S/C15H11ClFN3/c16-9-1-4-12(17)15(7-9)20-13-5-6-19-14-8-10(18)2-3-11(13)14/h1-8H,18H2,(H,19,20). The van der Waals surface area contributed by atoms with Gasteiger partial charge < -0.3 is 11.1 Å². The Morgan fingerprint density at radius 1 is 1.05 bits per heavy atom. The van der Waals surface area contributed by atoms with Crippen LogP contribution in [0.4, 0.5) is 21.5 Å². The molecule has 0 aliphatic heterocycles. The number of halogens is 2. The molecule has 0 amide bonds. The molecule has 0 aliphatic rings. The third kappa shape index (κ3) is 2.38. The third-order valence-electron chi connectivity index (χ3n) is 2.96. The maximum absolute atomic E-state index is 13.8. The van der Waals surface area contributed by atoms with E-state index in [1.165, 1.54) is 12.1 Å². The van der Waals surface area contributed by atoms with E-state index in [1.807, 2.05) is 6.07 Å². The van der Waals surface area contributed by atoms with Crippen LogP contribution in [0.15, 0.2) is 48.7 Å². The molecule has 0 radical (unpaired) electrons. The molecule has 0 saturated heterocycles. The predicted octanol–water partition coefficient (Wildman–Crippen LogP) is 4.35. The highest BCUT2D eigenvalue weighted by Crippen LogP contribution is 2.28. The molecule has 0 atom stereocenters. The molecule has 0 fully saturated rings. The van der Waals surface area contributed by atoms with Gasteiger partial charge in [-0.05, 0) is 42.5 Å². The van der Waals surface area contributed by atoms with Gasteiger partial charge in [0.25, 0.3) is 0 Å². The van der Waals surface area contributed by atoms with Gasteiger partial charge in [-0.15, -0.1) is 0 Å². The van der Waals surface area contributed by atoms with Crippen LogP contribution in [0.25, 0.3) is 10.9 Å². The van der Waals surface area contributed by atoms with Gasteiger partial charge in [0.15, 0.2) is 0 Å². The molecule has 0 spiro atoms. The summed E-state index contributed by atoms with van der Waals surface area (Å²) in [4.78, 5) is 4.24. The maximum atomic E-state index is 13.8. The van der Waals surface area contributed by atoms with Gasteiger partial charge in [-0.2, -0.15) is 0 Å². The van der Waals surface area contributed by atoms with E-state index in [9.17, 15) is 4.39 Å². The molecule has 1 heterocycles. The van der Waals surface area contributed by atoms with E-state index >= 15 is 0 Å². The van der Waals surface area contributed by atoms with Crippen molar-refractivity contribution in [3.63, 3.8) is 0 Å². The number of nitrogen functional groups attached to an aromatic ring is 1. The second kappa shape index (κ2) is 4.98. The molecule has 5 heteroatoms. The van der Waals surface area contributed by atoms with Crippen molar-refractivity contribution in [2.24, 2.45) is 0 Å². The van der Waals surface area contributed by atoms with Gasteiger partial charge in [0.2, 0.25) is 0 Å². The first-order valence-corrected chi connectivity index (χ1v) is 6.37. The van der Waals surface area contributed by atoms with Crippen LogP contribution in [0, 0.1) is 5.82 Å². The molecule has 3 N–H and O–H groups in total. The first kappa shape index (κ1) is 12.7. The number of nitrogens with zero attached hydrogens (tertiary/aromatic N) is 1. The Kier molecular flexibility index (Phi) is 3.16. The van der Waals surface area contributed by atoms with Crippen LogP contribution in [0.3, 0.4) is 0 Å². The predicted molar refractivity (Wildman–Crippen MR) is 80.8 cm³/mol. The second-order valence-corrected chi connectivity index (χ2v) is 4.82. The summed E-state index contributed by atoms with van der Waals surface area (Å²) in [5.74, 6) is -0.366. The third-order valence-corrected chi connectivity index (χ3v) is 3.20. The summed E-state index contributed by atoms with van der Waals surface area (Å²) in [7, 11) is 0. The van der Waals surface area contributed by atoms with Crippen LogP contribution in [0.2, 0.25) is 5.02 Å². The van der Waals surface area contributed by atoms with Crippen LogP contribution in [0.1, 0.15) is 0 Å². The van der Waals surface area contributed by atoms with Crippen molar-refractivity contribution < 1.29 is 4.39 Å². The molecule has 20 heavy (non-hydrogen) atoms. The van der Waals surface area contributed by atoms with Gasteiger partial charge >= 0.3 is 0 Å². The van der Waals surface area contributed by atoms with E-state index in [-0.39, 0.29) is 5.82 Å². The van der Waals surface area contributed by atoms with Crippen molar-refractivity contribution in [1.82, 2.24) is 4.98 Å². The zero-order chi connectivity index (χ0) is 14.1. The molecule has 0 unspecified atom stereocenters. The minimum absolute atomic E-state index is 0.321. The Morgan fingerprint density at radius 3 is 2.75 bits per heavy atom. The molecule has 2 aromatic carbocycles. The summed E-state index contributed by atoms with van der Waals surface area (Å²) in [6.45, 7) is 0. The molecule has 100 valence electrons. The maximum Gasteiger partial charge on any atom is 0.146 e. The van der Waals surface area contributed by atoms with Crippen molar-refractivity contribution in [3.05, 3.63) is 59.5 Å². The number of pyridine rings is 1. The van der Waals surface area contributed by atoms with Crippen molar-refractivity contribution in [2.45, 2.75) is 0 Å². The number of hydrogen-bond acceptors (Lipinski definition) is 3. The minimum atomic E-state index is -0.366. The van der Waals surface area contributed by atoms with Crippen LogP contribution in [-0.4, -0.2) is 4.98 Å². The molecule has 3 aromatic rings. The second-order valence-electron chi connectivity index (χ2n) is 4.38. The van der Waals surface area contributed by atoms with Gasteiger partial charge in [-0.1, -0.05) is 11.6 Å². The summed E-state index contributed by atoms with van der Waals surface area (Å²) < 4.78 is 13.8. The van der Waals surface area contributed by atoms with Gasteiger partial charge in [-0.3, -0.25) is 4.98 Å². The average Bonchev–Trinajstić information content (AvgIpc) is 2.43. The highest BCUT2D eigenvalue weighted by atomic mass is 35.5. The van der Waals surface area contributed by atoms with Crippen LogP contribution >= 0.6 is 11.6 Å². The summed E-state index contributed by atoms with van der Waals surface area (Å²) in [5, 5.41) is 4.37. The normalized spacial score (nSPS) is 10.7. The van der Waals surface area contributed by atoms with Crippen molar-refractivity contribution in [3.8, 4) is 0 Å². The van der Waals surface area contributed by atoms with E-state index in [1.54, 1.807) is 30.5 Å². The fourth-order valence-electron chi connectivity index (χ4n) is 2.01. The Bertz CT molecular complexity index is 789. The molecule has 0 bridgehead atoms. The first-order chi connectivity index (χ1) is 9.63. The van der Waals surface area contributed by atoms with Gasteiger partial charge in [0.05, 0.1) is 11.2 Å². The molecular weight excluding hydrogens is 277 g/mol. The number of benzene rings is 2. The molecular formula is C15H11ClFN3. The number of aromatic nitrogens is 1. The van der Waals surface area contributed by atoms with Crippen LogP contribution in [0.5, 0.6) is 0 Å². The molecule has 1 aromatic heterocycles. The Morgan fingerprint density at radius 2 is 1.90 bits per heavy atom. The van der Waals surface area contributed by atoms with E-state index in [2.05, 4.69) is 10.3 Å². The highest BCUT2D eigenvalue weighted by molar-refractivity contribution is 6.30. The van der Waals surface area contributed by atoms with Crippen molar-refractivity contribution in [2.75, 3.05) is 11.1 Å². The Hall–Kier alpha value is -2.33. The smallest absolute Gasteiger partial charge is 0.146 e. The number of rotatable bonds is 2. The summed E-state index contributed by atoms with van der Waals surface area (Å²) in [6, 6.07) is 11.6. The Labute approximate surface area is 120 Å². The molecule has 0 aliphatic carbocycles. The molecule has 0 saturated carbocycles. The van der Waals surface area contributed by atoms with Crippen LogP contribution < -0.4 is 11.1 Å². The van der Waals surface area contributed by atoms with E-state index in [0.29, 0.717) is 16.4 Å². The molecule has 3 rings (SSSR count). The number of nitrogens with one attached hydrogen (secondary N) is 1. The largest absolute Gasteiger partial charge is 0.399 e. The first-order valence-electron chi connectivity index (χ1n) is 6.00. The Balaban J connectivity index is 2.09. The summed E-state index contributed by atoms with van der Waals surface area (Å²) in [5.41, 5.74) is 8.18. The SMILES string of the molecule is Nc1ccc2c(Nc3cc(Cl)ccc3F)ccnc2c1. The fraction of sp³-hybridized carbons (Fsp3) is 0. The lowest BCUT2D eigenvalue weighted by molar-refractivity contribution is 0.632. The summed E-state index contributed by atoms with van der Waals surface area (Å²) in [6.07, 6.45) is 1.65. The van der Waals surface area contributed by atoms with Crippen molar-refractivity contribution in [1.29, 1.82) is 0 Å². The number of fused-ring (bicyclic) bond motifs is 1. The lowest BCUT2D eigenvalue weighted by Crippen LogP contribution is -1.96. The number of nitrogens with two attached hydrogens (primary N) is 1.